The number of hydrogen-bond acceptors (Lipinski definition) is 3. The monoisotopic (exact) mass is 248 g/mol. The normalized spacial score (nSPS) is 20.5. The highest BCUT2D eigenvalue weighted by Gasteiger charge is 2.31. The minimum Gasteiger partial charge on any atom is -0.378 e. The number of aliphatic hydroxyl groups is 1. The number of hydrogen-bond donors (Lipinski definition) is 2. The summed E-state index contributed by atoms with van der Waals surface area (Å²) < 4.78 is 0. The maximum absolute atomic E-state index is 12.2. The summed E-state index contributed by atoms with van der Waals surface area (Å²) in [6.07, 6.45) is -1.06. The van der Waals surface area contributed by atoms with Gasteiger partial charge in [-0.3, -0.25) is 4.79 Å². The average molecular weight is 248 g/mol. The second kappa shape index (κ2) is 5.08. The summed E-state index contributed by atoms with van der Waals surface area (Å²) >= 11 is 0. The van der Waals surface area contributed by atoms with Crippen molar-refractivity contribution in [1.82, 2.24) is 10.2 Å². The van der Waals surface area contributed by atoms with E-state index in [1.54, 1.807) is 17.0 Å². The molecule has 2 N–H and O–H groups in total. The van der Waals surface area contributed by atoms with Gasteiger partial charge in [0.1, 0.15) is 0 Å². The van der Waals surface area contributed by atoms with Gasteiger partial charge in [0.15, 0.2) is 6.10 Å². The molecule has 1 saturated heterocycles. The Morgan fingerprint density at radius 1 is 1.39 bits per heavy atom. The fourth-order valence-electron chi connectivity index (χ4n) is 2.28. The lowest BCUT2D eigenvalue weighted by Gasteiger charge is -2.39. The number of nitrogens with one attached hydrogen (secondary N) is 1. The fraction of sp³-hybridized carbons (Fsp3) is 0.500. The fourth-order valence-corrected chi connectivity index (χ4v) is 2.28. The van der Waals surface area contributed by atoms with Crippen LogP contribution in [-0.2, 0) is 4.79 Å². The lowest BCUT2D eigenvalue weighted by molar-refractivity contribution is -0.142. The third-order valence-electron chi connectivity index (χ3n) is 3.23. The van der Waals surface area contributed by atoms with Gasteiger partial charge < -0.3 is 15.3 Å². The van der Waals surface area contributed by atoms with Crippen LogP contribution in [0.2, 0.25) is 0 Å². The Kier molecular flexibility index (Phi) is 3.68. The van der Waals surface area contributed by atoms with Gasteiger partial charge in [-0.1, -0.05) is 30.3 Å². The summed E-state index contributed by atoms with van der Waals surface area (Å²) in [5, 5.41) is 13.4. The molecule has 1 amide bonds. The van der Waals surface area contributed by atoms with Crippen LogP contribution in [-0.4, -0.2) is 41.1 Å². The Hall–Kier alpha value is -1.39. The highest BCUT2D eigenvalue weighted by molar-refractivity contribution is 5.82. The van der Waals surface area contributed by atoms with E-state index in [0.717, 1.165) is 6.54 Å². The van der Waals surface area contributed by atoms with Crippen molar-refractivity contribution in [3.8, 4) is 0 Å². The molecule has 1 aliphatic rings. The van der Waals surface area contributed by atoms with E-state index < -0.39 is 6.10 Å². The molecule has 0 aromatic heterocycles. The highest BCUT2D eigenvalue weighted by Crippen LogP contribution is 2.18. The summed E-state index contributed by atoms with van der Waals surface area (Å²) in [5.74, 6) is -0.212. The van der Waals surface area contributed by atoms with Crippen LogP contribution in [0.3, 0.4) is 0 Å². The molecule has 1 fully saturated rings. The molecule has 0 radical (unpaired) electrons. The molecule has 1 heterocycles. The molecule has 18 heavy (non-hydrogen) atoms. The smallest absolute Gasteiger partial charge is 0.256 e. The molecule has 1 atom stereocenters. The molecule has 0 unspecified atom stereocenters. The Morgan fingerprint density at radius 2 is 2.06 bits per heavy atom. The van der Waals surface area contributed by atoms with Crippen LogP contribution in [0.4, 0.5) is 0 Å². The van der Waals surface area contributed by atoms with Gasteiger partial charge in [-0.05, 0) is 19.4 Å². The van der Waals surface area contributed by atoms with E-state index in [9.17, 15) is 9.90 Å². The topological polar surface area (TPSA) is 52.6 Å². The van der Waals surface area contributed by atoms with Crippen molar-refractivity contribution >= 4 is 5.91 Å². The number of carbonyl (C=O) groups is 1. The summed E-state index contributed by atoms with van der Waals surface area (Å²) in [4.78, 5) is 14.0. The summed E-state index contributed by atoms with van der Waals surface area (Å²) in [6, 6.07) is 9.07. The average Bonchev–Trinajstić information content (AvgIpc) is 2.37. The SMILES string of the molecule is CC1(C)CN(C(=O)[C@@H](O)c2ccccc2)CCN1. The van der Waals surface area contributed by atoms with Crippen molar-refractivity contribution < 1.29 is 9.90 Å². The van der Waals surface area contributed by atoms with Crippen LogP contribution in [0.25, 0.3) is 0 Å². The van der Waals surface area contributed by atoms with Crippen molar-refractivity contribution in [2.75, 3.05) is 19.6 Å². The van der Waals surface area contributed by atoms with Crippen LogP contribution in [0.5, 0.6) is 0 Å². The molecule has 1 aliphatic heterocycles. The van der Waals surface area contributed by atoms with E-state index in [1.807, 2.05) is 18.2 Å². The van der Waals surface area contributed by atoms with Crippen molar-refractivity contribution in [2.24, 2.45) is 0 Å². The number of carbonyl (C=O) groups excluding carboxylic acids is 1. The number of piperazine rings is 1. The summed E-state index contributed by atoms with van der Waals surface area (Å²) in [5.41, 5.74) is 0.559. The van der Waals surface area contributed by atoms with Crippen LogP contribution in [0.15, 0.2) is 30.3 Å². The Morgan fingerprint density at radius 3 is 2.67 bits per heavy atom. The first kappa shape index (κ1) is 13.1. The van der Waals surface area contributed by atoms with E-state index >= 15 is 0 Å². The predicted molar refractivity (Wildman–Crippen MR) is 70.1 cm³/mol. The third kappa shape index (κ3) is 2.89. The van der Waals surface area contributed by atoms with E-state index in [1.165, 1.54) is 0 Å². The van der Waals surface area contributed by atoms with E-state index in [0.29, 0.717) is 18.7 Å². The Labute approximate surface area is 108 Å². The number of benzene rings is 1. The molecule has 1 aromatic rings. The van der Waals surface area contributed by atoms with Crippen molar-refractivity contribution in [3.05, 3.63) is 35.9 Å². The van der Waals surface area contributed by atoms with E-state index in [-0.39, 0.29) is 11.4 Å². The second-order valence-corrected chi connectivity index (χ2v) is 5.38. The lowest BCUT2D eigenvalue weighted by atomic mass is 10.0. The van der Waals surface area contributed by atoms with Crippen LogP contribution < -0.4 is 5.32 Å². The molecule has 1 aromatic carbocycles. The zero-order valence-corrected chi connectivity index (χ0v) is 10.9. The molecule has 98 valence electrons. The maximum Gasteiger partial charge on any atom is 0.256 e. The minimum atomic E-state index is -1.06. The molecule has 0 spiro atoms. The second-order valence-electron chi connectivity index (χ2n) is 5.38. The quantitative estimate of drug-likeness (QED) is 0.818. The standard InChI is InChI=1S/C14H20N2O2/c1-14(2)10-16(9-8-15-14)13(18)12(17)11-6-4-3-5-7-11/h3-7,12,15,17H,8-10H2,1-2H3/t12-/m0/s1. The largest absolute Gasteiger partial charge is 0.378 e. The lowest BCUT2D eigenvalue weighted by Crippen LogP contribution is -2.59. The molecule has 2 rings (SSSR count). The van der Waals surface area contributed by atoms with Gasteiger partial charge >= 0.3 is 0 Å². The Bertz CT molecular complexity index is 417. The van der Waals surface area contributed by atoms with Crippen LogP contribution in [0.1, 0.15) is 25.5 Å². The zero-order valence-electron chi connectivity index (χ0n) is 10.9. The molecule has 0 aliphatic carbocycles. The van der Waals surface area contributed by atoms with Gasteiger partial charge in [0, 0.05) is 25.2 Å². The van der Waals surface area contributed by atoms with Gasteiger partial charge in [-0.2, -0.15) is 0 Å². The zero-order chi connectivity index (χ0) is 13.2. The minimum absolute atomic E-state index is 0.0929. The van der Waals surface area contributed by atoms with Crippen molar-refractivity contribution in [2.45, 2.75) is 25.5 Å². The summed E-state index contributed by atoms with van der Waals surface area (Å²) in [7, 11) is 0. The Balaban J connectivity index is 2.07. The van der Waals surface area contributed by atoms with Crippen LogP contribution in [0, 0.1) is 0 Å². The van der Waals surface area contributed by atoms with Crippen molar-refractivity contribution in [1.29, 1.82) is 0 Å². The highest BCUT2D eigenvalue weighted by atomic mass is 16.3. The molecular formula is C14H20N2O2. The van der Waals surface area contributed by atoms with Gasteiger partial charge in [-0.15, -0.1) is 0 Å². The van der Waals surface area contributed by atoms with E-state index in [4.69, 9.17) is 0 Å². The first-order valence-corrected chi connectivity index (χ1v) is 6.26. The number of aliphatic hydroxyl groups excluding tert-OH is 1. The maximum atomic E-state index is 12.2. The van der Waals surface area contributed by atoms with Gasteiger partial charge in [0.2, 0.25) is 0 Å². The molecular weight excluding hydrogens is 228 g/mol. The molecule has 0 bridgehead atoms. The molecule has 0 saturated carbocycles. The van der Waals surface area contributed by atoms with Gasteiger partial charge in [-0.25, -0.2) is 0 Å². The number of nitrogens with zero attached hydrogens (tertiary/aromatic N) is 1. The van der Waals surface area contributed by atoms with Gasteiger partial charge in [0.05, 0.1) is 0 Å². The molecule has 4 nitrogen and oxygen atoms in total. The summed E-state index contributed by atoms with van der Waals surface area (Å²) in [6.45, 7) is 6.14. The molecule has 4 heteroatoms. The first-order valence-electron chi connectivity index (χ1n) is 6.26. The predicted octanol–water partition coefficient (Wildman–Crippen LogP) is 0.930. The number of amides is 1. The first-order chi connectivity index (χ1) is 8.49. The van der Waals surface area contributed by atoms with E-state index in [2.05, 4.69) is 19.2 Å². The van der Waals surface area contributed by atoms with Crippen LogP contribution >= 0.6 is 0 Å². The number of rotatable bonds is 2. The van der Waals surface area contributed by atoms with Crippen molar-refractivity contribution in [3.63, 3.8) is 0 Å². The third-order valence-corrected chi connectivity index (χ3v) is 3.23. The van der Waals surface area contributed by atoms with Gasteiger partial charge in [0.25, 0.3) is 5.91 Å².